The molecule has 3 nitrogen and oxygen atoms in total. The van der Waals surface area contributed by atoms with Gasteiger partial charge in [0, 0.05) is 30.6 Å². The summed E-state index contributed by atoms with van der Waals surface area (Å²) in [5.74, 6) is -0.0508. The van der Waals surface area contributed by atoms with E-state index >= 15 is 0 Å². The number of pyridine rings is 1. The Balaban J connectivity index is 1.98. The van der Waals surface area contributed by atoms with Crippen molar-refractivity contribution in [2.45, 2.75) is 26.7 Å². The quantitative estimate of drug-likeness (QED) is 0.700. The normalized spacial score (nSPS) is 16.8. The number of rotatable bonds is 1. The van der Waals surface area contributed by atoms with E-state index in [1.54, 1.807) is 0 Å². The van der Waals surface area contributed by atoms with Crippen molar-refractivity contribution < 1.29 is 9.18 Å². The molecule has 1 aromatic rings. The lowest BCUT2D eigenvalue weighted by Crippen LogP contribution is -2.52. The summed E-state index contributed by atoms with van der Waals surface area (Å²) in [5, 5.41) is 0. The van der Waals surface area contributed by atoms with E-state index in [4.69, 9.17) is 0 Å². The molecule has 1 aromatic heterocycles. The van der Waals surface area contributed by atoms with Crippen LogP contribution >= 0.6 is 0 Å². The Labute approximate surface area is 101 Å². The summed E-state index contributed by atoms with van der Waals surface area (Å²) >= 11 is 0. The number of halogens is 1. The summed E-state index contributed by atoms with van der Waals surface area (Å²) in [6.45, 7) is 7.09. The van der Waals surface area contributed by atoms with E-state index in [-0.39, 0.29) is 17.2 Å². The highest BCUT2D eigenvalue weighted by Gasteiger charge is 2.36. The highest BCUT2D eigenvalue weighted by molar-refractivity contribution is 5.82. The van der Waals surface area contributed by atoms with Crippen LogP contribution in [0.3, 0.4) is 0 Å². The van der Waals surface area contributed by atoms with Crippen molar-refractivity contribution in [1.29, 1.82) is 0 Å². The van der Waals surface area contributed by atoms with Gasteiger partial charge in [0.2, 0.25) is 11.9 Å². The highest BCUT2D eigenvalue weighted by Crippen LogP contribution is 2.30. The maximum atomic E-state index is 12.9. The SMILES string of the molecule is CC(C)(C)C(=O)N1CC(c2ccnc(F)c2)C1. The van der Waals surface area contributed by atoms with Crippen LogP contribution in [0.5, 0.6) is 0 Å². The maximum absolute atomic E-state index is 12.9. The number of hydrogen-bond donors (Lipinski definition) is 0. The smallest absolute Gasteiger partial charge is 0.227 e. The predicted molar refractivity (Wildman–Crippen MR) is 63.0 cm³/mol. The van der Waals surface area contributed by atoms with Crippen LogP contribution in [0.2, 0.25) is 0 Å². The zero-order valence-electron chi connectivity index (χ0n) is 10.4. The monoisotopic (exact) mass is 236 g/mol. The number of carbonyl (C=O) groups excluding carboxylic acids is 1. The molecule has 1 saturated heterocycles. The lowest BCUT2D eigenvalue weighted by atomic mass is 9.87. The van der Waals surface area contributed by atoms with Crippen molar-refractivity contribution >= 4 is 5.91 Å². The third-order valence-corrected chi connectivity index (χ3v) is 3.03. The lowest BCUT2D eigenvalue weighted by molar-refractivity contribution is -0.144. The molecular weight excluding hydrogens is 219 g/mol. The minimum absolute atomic E-state index is 0.156. The molecule has 0 atom stereocenters. The molecule has 1 amide bonds. The minimum Gasteiger partial charge on any atom is -0.341 e. The molecule has 0 spiro atoms. The number of amides is 1. The summed E-state index contributed by atoms with van der Waals surface area (Å²) in [5.41, 5.74) is 0.588. The van der Waals surface area contributed by atoms with Gasteiger partial charge in [-0.15, -0.1) is 0 Å². The number of nitrogens with zero attached hydrogens (tertiary/aromatic N) is 2. The molecule has 1 fully saturated rings. The van der Waals surface area contributed by atoms with Crippen molar-refractivity contribution in [3.05, 3.63) is 29.8 Å². The topological polar surface area (TPSA) is 33.2 Å². The highest BCUT2D eigenvalue weighted by atomic mass is 19.1. The summed E-state index contributed by atoms with van der Waals surface area (Å²) in [7, 11) is 0. The van der Waals surface area contributed by atoms with Crippen molar-refractivity contribution in [3.63, 3.8) is 0 Å². The van der Waals surface area contributed by atoms with E-state index in [0.717, 1.165) is 5.56 Å². The summed E-state index contributed by atoms with van der Waals surface area (Å²) < 4.78 is 12.9. The fourth-order valence-electron chi connectivity index (χ4n) is 2.00. The fourth-order valence-corrected chi connectivity index (χ4v) is 2.00. The van der Waals surface area contributed by atoms with Gasteiger partial charge in [-0.3, -0.25) is 4.79 Å². The minimum atomic E-state index is -0.455. The van der Waals surface area contributed by atoms with Crippen LogP contribution in [-0.4, -0.2) is 28.9 Å². The molecule has 92 valence electrons. The molecular formula is C13H17FN2O. The number of carbonyl (C=O) groups is 1. The van der Waals surface area contributed by atoms with Crippen LogP contribution in [0.15, 0.2) is 18.3 Å². The third-order valence-electron chi connectivity index (χ3n) is 3.03. The molecule has 0 unspecified atom stereocenters. The van der Waals surface area contributed by atoms with Gasteiger partial charge in [-0.25, -0.2) is 4.98 Å². The van der Waals surface area contributed by atoms with Crippen molar-refractivity contribution in [2.24, 2.45) is 5.41 Å². The molecule has 0 aliphatic carbocycles. The fraction of sp³-hybridized carbons (Fsp3) is 0.538. The van der Waals surface area contributed by atoms with E-state index in [1.807, 2.05) is 31.7 Å². The number of aromatic nitrogens is 1. The summed E-state index contributed by atoms with van der Waals surface area (Å²) in [6.07, 6.45) is 1.47. The molecule has 0 bridgehead atoms. The molecule has 1 aliphatic rings. The van der Waals surface area contributed by atoms with Crippen LogP contribution < -0.4 is 0 Å². The standard InChI is InChI=1S/C13H17FN2O/c1-13(2,3)12(17)16-7-10(8-16)9-4-5-15-11(14)6-9/h4-6,10H,7-8H2,1-3H3. The molecule has 4 heteroatoms. The Hall–Kier alpha value is -1.45. The summed E-state index contributed by atoms with van der Waals surface area (Å²) in [6, 6.07) is 3.26. The second-order valence-corrected chi connectivity index (χ2v) is 5.57. The van der Waals surface area contributed by atoms with Gasteiger partial charge < -0.3 is 4.90 Å². The lowest BCUT2D eigenvalue weighted by Gasteiger charge is -2.42. The zero-order chi connectivity index (χ0) is 12.6. The second kappa shape index (κ2) is 4.09. The van der Waals surface area contributed by atoms with Crippen LogP contribution in [0.4, 0.5) is 4.39 Å². The van der Waals surface area contributed by atoms with Crippen molar-refractivity contribution in [2.75, 3.05) is 13.1 Å². The van der Waals surface area contributed by atoms with Crippen LogP contribution in [0.25, 0.3) is 0 Å². The predicted octanol–water partition coefficient (Wildman–Crippen LogP) is 2.19. The van der Waals surface area contributed by atoms with Gasteiger partial charge in [0.1, 0.15) is 0 Å². The third kappa shape index (κ3) is 2.46. The van der Waals surface area contributed by atoms with E-state index < -0.39 is 5.95 Å². The Morgan fingerprint density at radius 3 is 2.65 bits per heavy atom. The Bertz CT molecular complexity index is 433. The van der Waals surface area contributed by atoms with Gasteiger partial charge >= 0.3 is 0 Å². The first-order valence-corrected chi connectivity index (χ1v) is 5.79. The van der Waals surface area contributed by atoms with Gasteiger partial charge in [0.15, 0.2) is 0 Å². The molecule has 0 N–H and O–H groups in total. The van der Waals surface area contributed by atoms with Crippen molar-refractivity contribution in [3.8, 4) is 0 Å². The molecule has 0 radical (unpaired) electrons. The first-order chi connectivity index (χ1) is 7.88. The second-order valence-electron chi connectivity index (χ2n) is 5.57. The van der Waals surface area contributed by atoms with Gasteiger partial charge in [0.05, 0.1) is 0 Å². The van der Waals surface area contributed by atoms with Crippen LogP contribution in [-0.2, 0) is 4.79 Å². The first-order valence-electron chi connectivity index (χ1n) is 5.79. The van der Waals surface area contributed by atoms with Gasteiger partial charge in [-0.2, -0.15) is 4.39 Å². The summed E-state index contributed by atoms with van der Waals surface area (Å²) in [4.78, 5) is 17.3. The molecule has 1 aliphatic heterocycles. The zero-order valence-corrected chi connectivity index (χ0v) is 10.4. The maximum Gasteiger partial charge on any atom is 0.227 e. The van der Waals surface area contributed by atoms with E-state index in [1.165, 1.54) is 12.3 Å². The van der Waals surface area contributed by atoms with Gasteiger partial charge in [0.25, 0.3) is 0 Å². The first kappa shape index (κ1) is 12.0. The Morgan fingerprint density at radius 2 is 2.12 bits per heavy atom. The van der Waals surface area contributed by atoms with Crippen LogP contribution in [0.1, 0.15) is 32.3 Å². The molecule has 2 heterocycles. The number of likely N-dealkylation sites (tertiary alicyclic amines) is 1. The van der Waals surface area contributed by atoms with E-state index in [2.05, 4.69) is 4.98 Å². The van der Waals surface area contributed by atoms with E-state index in [9.17, 15) is 9.18 Å². The largest absolute Gasteiger partial charge is 0.341 e. The van der Waals surface area contributed by atoms with Gasteiger partial charge in [-0.05, 0) is 17.7 Å². The Kier molecular flexibility index (Phi) is 2.89. The Morgan fingerprint density at radius 1 is 1.47 bits per heavy atom. The van der Waals surface area contributed by atoms with E-state index in [0.29, 0.717) is 13.1 Å². The average Bonchev–Trinajstić information content (AvgIpc) is 2.13. The van der Waals surface area contributed by atoms with Gasteiger partial charge in [-0.1, -0.05) is 20.8 Å². The molecule has 0 aromatic carbocycles. The number of hydrogen-bond acceptors (Lipinski definition) is 2. The molecule has 0 saturated carbocycles. The van der Waals surface area contributed by atoms with Crippen LogP contribution in [0, 0.1) is 11.4 Å². The van der Waals surface area contributed by atoms with Crippen molar-refractivity contribution in [1.82, 2.24) is 9.88 Å². The molecule has 2 rings (SSSR count). The average molecular weight is 236 g/mol. The molecule has 17 heavy (non-hydrogen) atoms.